The van der Waals surface area contributed by atoms with Crippen molar-refractivity contribution in [2.24, 2.45) is 7.05 Å². The lowest BCUT2D eigenvalue weighted by Crippen LogP contribution is -2.44. The minimum Gasteiger partial charge on any atom is -0.481 e. The smallest absolute Gasteiger partial charge is 0.335 e. The Balaban J connectivity index is 2.29. The first kappa shape index (κ1) is 18.6. The van der Waals surface area contributed by atoms with E-state index in [-0.39, 0.29) is 35.7 Å². The summed E-state index contributed by atoms with van der Waals surface area (Å²) in [6, 6.07) is 3.29. The van der Waals surface area contributed by atoms with Crippen molar-refractivity contribution in [2.45, 2.75) is 26.3 Å². The van der Waals surface area contributed by atoms with Crippen molar-refractivity contribution in [2.75, 3.05) is 11.5 Å². The van der Waals surface area contributed by atoms with E-state index in [0.29, 0.717) is 12.1 Å². The average Bonchev–Trinajstić information content (AvgIpc) is 2.64. The molecule has 0 N–H and O–H groups in total. The van der Waals surface area contributed by atoms with Crippen molar-refractivity contribution in [3.05, 3.63) is 63.2 Å². The molecule has 1 amide bonds. The molecule has 1 aliphatic rings. The Morgan fingerprint density at radius 3 is 2.59 bits per heavy atom. The average molecular weight is 373 g/mol. The highest BCUT2D eigenvalue weighted by Gasteiger charge is 2.30. The van der Waals surface area contributed by atoms with Crippen LogP contribution in [0.5, 0.6) is 5.75 Å². The molecule has 0 bridgehead atoms. The largest absolute Gasteiger partial charge is 0.481 e. The fourth-order valence-electron chi connectivity index (χ4n) is 3.14. The van der Waals surface area contributed by atoms with Crippen LogP contribution in [0.4, 0.5) is 10.1 Å². The van der Waals surface area contributed by atoms with Crippen LogP contribution in [0.3, 0.4) is 0 Å². The van der Waals surface area contributed by atoms with Crippen LogP contribution in [0.2, 0.25) is 0 Å². The number of carbonyl (C=O) groups excluding carboxylic acids is 1. The lowest BCUT2D eigenvalue weighted by Gasteiger charge is -2.33. The first-order valence-electron chi connectivity index (χ1n) is 8.53. The van der Waals surface area contributed by atoms with Gasteiger partial charge in [-0.05, 0) is 19.4 Å². The van der Waals surface area contributed by atoms with Crippen LogP contribution in [0.15, 0.2) is 40.4 Å². The van der Waals surface area contributed by atoms with E-state index in [0.717, 1.165) is 10.6 Å². The highest BCUT2D eigenvalue weighted by molar-refractivity contribution is 5.99. The zero-order valence-electron chi connectivity index (χ0n) is 15.4. The number of hydrogen-bond donors (Lipinski definition) is 0. The molecule has 2 heterocycles. The normalized spacial score (nSPS) is 14.5. The van der Waals surface area contributed by atoms with E-state index in [4.69, 9.17) is 4.74 Å². The minimum absolute atomic E-state index is 0.166. The fourth-order valence-corrected chi connectivity index (χ4v) is 3.14. The van der Waals surface area contributed by atoms with E-state index >= 15 is 0 Å². The third-order valence-corrected chi connectivity index (χ3v) is 4.68. The molecular weight excluding hydrogens is 353 g/mol. The van der Waals surface area contributed by atoms with Crippen LogP contribution in [0.25, 0.3) is 5.69 Å². The van der Waals surface area contributed by atoms with Gasteiger partial charge in [-0.25, -0.2) is 13.8 Å². The number of aryl methyl sites for hydroxylation is 1. The van der Waals surface area contributed by atoms with Gasteiger partial charge < -0.3 is 9.30 Å². The van der Waals surface area contributed by atoms with Gasteiger partial charge in [0.1, 0.15) is 5.75 Å². The maximum Gasteiger partial charge on any atom is 0.335 e. The number of rotatable bonds is 4. The van der Waals surface area contributed by atoms with Crippen LogP contribution in [0, 0.1) is 5.82 Å². The van der Waals surface area contributed by atoms with E-state index in [1.807, 2.05) is 6.92 Å². The van der Waals surface area contributed by atoms with Crippen molar-refractivity contribution in [3.8, 4) is 11.4 Å². The van der Waals surface area contributed by atoms with Crippen LogP contribution in [-0.2, 0) is 18.3 Å². The number of benzene rings is 1. The number of amides is 1. The Bertz CT molecular complexity index is 1050. The van der Waals surface area contributed by atoms with Crippen LogP contribution < -0.4 is 20.9 Å². The predicted octanol–water partition coefficient (Wildman–Crippen LogP) is 1.54. The molecule has 0 radical (unpaired) electrons. The lowest BCUT2D eigenvalue weighted by atomic mass is 10.1. The molecular formula is C19H20FN3O4. The molecule has 0 aliphatic carbocycles. The summed E-state index contributed by atoms with van der Waals surface area (Å²) in [7, 11) is 1.52. The molecule has 0 saturated heterocycles. The second-order valence-corrected chi connectivity index (χ2v) is 6.30. The summed E-state index contributed by atoms with van der Waals surface area (Å²) in [5.74, 6) is -0.952. The summed E-state index contributed by atoms with van der Waals surface area (Å²) in [5.41, 5.74) is -0.713. The van der Waals surface area contributed by atoms with Crippen molar-refractivity contribution >= 4 is 11.6 Å². The Hall–Kier alpha value is -3.16. The molecule has 2 aromatic rings. The van der Waals surface area contributed by atoms with Gasteiger partial charge in [-0.3, -0.25) is 14.5 Å². The molecule has 1 aromatic heterocycles. The summed E-state index contributed by atoms with van der Waals surface area (Å²) in [6.07, 6.45) is 2.05. The third-order valence-electron chi connectivity index (χ3n) is 4.68. The van der Waals surface area contributed by atoms with Crippen LogP contribution in [0.1, 0.15) is 19.5 Å². The number of ether oxygens (including phenoxy) is 1. The molecule has 0 saturated carbocycles. The second kappa shape index (κ2) is 6.86. The molecule has 0 fully saturated rings. The summed E-state index contributed by atoms with van der Waals surface area (Å²) in [4.78, 5) is 38.8. The first-order chi connectivity index (χ1) is 12.8. The van der Waals surface area contributed by atoms with Gasteiger partial charge in [0.05, 0.1) is 17.4 Å². The standard InChI is InChI=1S/C19H20FN3O4/c1-5-11(3)22-15-9-14(13(20)8-16(15)27-10-18(22)25)23-17(24)7-12(6-2)21(4)19(23)26/h5,7-9,11H,1,6,10H2,2-4H3. The zero-order valence-corrected chi connectivity index (χ0v) is 15.4. The Morgan fingerprint density at radius 2 is 1.96 bits per heavy atom. The summed E-state index contributed by atoms with van der Waals surface area (Å²) in [6.45, 7) is 7.03. The SMILES string of the molecule is C=CC(C)N1C(=O)COc2cc(F)c(-n3c(=O)cc(CC)n(C)c3=O)cc21. The Kier molecular flexibility index (Phi) is 4.73. The number of anilines is 1. The molecule has 1 aromatic carbocycles. The summed E-state index contributed by atoms with van der Waals surface area (Å²) < 4.78 is 22.1. The number of fused-ring (bicyclic) bond motifs is 1. The molecule has 3 rings (SSSR count). The van der Waals surface area contributed by atoms with E-state index in [2.05, 4.69) is 6.58 Å². The molecule has 27 heavy (non-hydrogen) atoms. The molecule has 1 atom stereocenters. The zero-order chi connectivity index (χ0) is 19.9. The van der Waals surface area contributed by atoms with E-state index in [9.17, 15) is 18.8 Å². The van der Waals surface area contributed by atoms with Gasteiger partial charge in [-0.2, -0.15) is 0 Å². The van der Waals surface area contributed by atoms with Crippen molar-refractivity contribution in [3.63, 3.8) is 0 Å². The van der Waals surface area contributed by atoms with Crippen molar-refractivity contribution in [1.82, 2.24) is 9.13 Å². The highest BCUT2D eigenvalue weighted by atomic mass is 19.1. The van der Waals surface area contributed by atoms with Crippen LogP contribution >= 0.6 is 0 Å². The summed E-state index contributed by atoms with van der Waals surface area (Å²) in [5, 5.41) is 0. The minimum atomic E-state index is -0.794. The van der Waals surface area contributed by atoms with Crippen molar-refractivity contribution < 1.29 is 13.9 Å². The topological polar surface area (TPSA) is 73.5 Å². The van der Waals surface area contributed by atoms with Gasteiger partial charge in [-0.1, -0.05) is 13.0 Å². The fraction of sp³-hybridized carbons (Fsp3) is 0.316. The number of nitrogens with zero attached hydrogens (tertiary/aromatic N) is 3. The van der Waals surface area contributed by atoms with E-state index in [1.165, 1.54) is 28.6 Å². The number of hydrogen-bond acceptors (Lipinski definition) is 4. The number of halogens is 1. The highest BCUT2D eigenvalue weighted by Crippen LogP contribution is 2.36. The molecule has 8 heteroatoms. The van der Waals surface area contributed by atoms with E-state index in [1.54, 1.807) is 13.0 Å². The second-order valence-electron chi connectivity index (χ2n) is 6.30. The quantitative estimate of drug-likeness (QED) is 0.762. The van der Waals surface area contributed by atoms with E-state index < -0.39 is 17.1 Å². The molecule has 7 nitrogen and oxygen atoms in total. The number of carbonyl (C=O) groups is 1. The predicted molar refractivity (Wildman–Crippen MR) is 99.3 cm³/mol. The monoisotopic (exact) mass is 373 g/mol. The van der Waals surface area contributed by atoms with Gasteiger partial charge in [-0.15, -0.1) is 6.58 Å². The number of aromatic nitrogens is 2. The Labute approximate surface area is 154 Å². The van der Waals surface area contributed by atoms with Gasteiger partial charge in [0.2, 0.25) is 0 Å². The molecule has 0 spiro atoms. The molecule has 1 unspecified atom stereocenters. The van der Waals surface area contributed by atoms with Gasteiger partial charge in [0.25, 0.3) is 11.5 Å². The maximum absolute atomic E-state index is 14.7. The third kappa shape index (κ3) is 2.97. The first-order valence-corrected chi connectivity index (χ1v) is 8.53. The lowest BCUT2D eigenvalue weighted by molar-refractivity contribution is -0.121. The van der Waals surface area contributed by atoms with Crippen LogP contribution in [-0.4, -0.2) is 27.7 Å². The van der Waals surface area contributed by atoms with Crippen molar-refractivity contribution in [1.29, 1.82) is 0 Å². The maximum atomic E-state index is 14.7. The van der Waals surface area contributed by atoms with Gasteiger partial charge >= 0.3 is 5.69 Å². The van der Waals surface area contributed by atoms with Gasteiger partial charge in [0.15, 0.2) is 12.4 Å². The molecule has 1 aliphatic heterocycles. The van der Waals surface area contributed by atoms with Gasteiger partial charge in [0, 0.05) is 24.9 Å². The Morgan fingerprint density at radius 1 is 1.26 bits per heavy atom. The summed E-state index contributed by atoms with van der Waals surface area (Å²) >= 11 is 0. The molecule has 142 valence electrons.